The predicted molar refractivity (Wildman–Crippen MR) is 104 cm³/mol. The van der Waals surface area contributed by atoms with Gasteiger partial charge in [-0.25, -0.2) is 14.3 Å². The molecule has 12 heteroatoms. The second-order valence-corrected chi connectivity index (χ2v) is 8.05. The van der Waals surface area contributed by atoms with Crippen molar-refractivity contribution in [1.29, 1.82) is 0 Å². The monoisotopic (exact) mass is 417 g/mol. The Hall–Kier alpha value is -2.99. The van der Waals surface area contributed by atoms with Crippen LogP contribution in [0.5, 0.6) is 0 Å². The number of hydrogen-bond acceptors (Lipinski definition) is 9. The fraction of sp³-hybridized carbons (Fsp3) is 0.250. The number of thioether (sulfide) groups is 1. The summed E-state index contributed by atoms with van der Waals surface area (Å²) in [6.45, 7) is 4.17. The van der Waals surface area contributed by atoms with Gasteiger partial charge in [0, 0.05) is 4.88 Å². The molecule has 28 heavy (non-hydrogen) atoms. The molecule has 0 bridgehead atoms. The van der Waals surface area contributed by atoms with E-state index < -0.39 is 0 Å². The van der Waals surface area contributed by atoms with E-state index in [1.165, 1.54) is 22.3 Å². The second-order valence-electron chi connectivity index (χ2n) is 5.91. The summed E-state index contributed by atoms with van der Waals surface area (Å²) in [7, 11) is 0. The van der Waals surface area contributed by atoms with Gasteiger partial charge in [-0.2, -0.15) is 0 Å². The molecule has 0 atom stereocenters. The number of carbonyl (C=O) groups excluding carboxylic acids is 1. The third-order valence-electron chi connectivity index (χ3n) is 4.05. The molecule has 1 amide bonds. The van der Waals surface area contributed by atoms with Crippen LogP contribution in [0.3, 0.4) is 0 Å². The Kier molecular flexibility index (Phi) is 4.96. The van der Waals surface area contributed by atoms with E-state index in [0.717, 1.165) is 26.9 Å². The van der Waals surface area contributed by atoms with Crippen molar-refractivity contribution >= 4 is 39.2 Å². The highest BCUT2D eigenvalue weighted by molar-refractivity contribution is 7.99. The van der Waals surface area contributed by atoms with Crippen LogP contribution in [0.4, 0.5) is 0 Å². The van der Waals surface area contributed by atoms with Crippen molar-refractivity contribution in [2.75, 3.05) is 11.2 Å². The van der Waals surface area contributed by atoms with Gasteiger partial charge in [-0.1, -0.05) is 11.8 Å². The van der Waals surface area contributed by atoms with Crippen molar-refractivity contribution in [2.24, 2.45) is 0 Å². The van der Waals surface area contributed by atoms with Crippen LogP contribution in [0.2, 0.25) is 0 Å². The van der Waals surface area contributed by atoms with Crippen molar-refractivity contribution < 1.29 is 9.21 Å². The van der Waals surface area contributed by atoms with E-state index in [1.807, 2.05) is 19.9 Å². The zero-order chi connectivity index (χ0) is 19.7. The topological polar surface area (TPSA) is 121 Å². The number of aromatic nitrogens is 6. The van der Waals surface area contributed by atoms with Crippen molar-refractivity contribution in [3.63, 3.8) is 0 Å². The van der Waals surface area contributed by atoms with Crippen LogP contribution < -0.4 is 11.0 Å². The smallest absolute Gasteiger partial charge is 0.281 e. The molecule has 4 aromatic heterocycles. The highest BCUT2D eigenvalue weighted by atomic mass is 32.2. The first-order valence-electron chi connectivity index (χ1n) is 8.21. The number of amides is 1. The first kappa shape index (κ1) is 18.4. The summed E-state index contributed by atoms with van der Waals surface area (Å²) in [5.41, 5.74) is 3.14. The van der Waals surface area contributed by atoms with Gasteiger partial charge in [-0.3, -0.25) is 15.0 Å². The summed E-state index contributed by atoms with van der Waals surface area (Å²) >= 11 is 2.62. The van der Waals surface area contributed by atoms with Crippen LogP contribution in [0.15, 0.2) is 39.1 Å². The van der Waals surface area contributed by atoms with Gasteiger partial charge < -0.3 is 4.42 Å². The van der Waals surface area contributed by atoms with Crippen LogP contribution in [0.1, 0.15) is 16.2 Å². The summed E-state index contributed by atoms with van der Waals surface area (Å²) in [5, 5.41) is 12.4. The van der Waals surface area contributed by atoms with E-state index >= 15 is 0 Å². The molecule has 4 rings (SSSR count). The van der Waals surface area contributed by atoms with E-state index in [1.54, 1.807) is 12.3 Å². The first-order chi connectivity index (χ1) is 13.5. The molecule has 144 valence electrons. The molecule has 0 radical (unpaired) electrons. The van der Waals surface area contributed by atoms with E-state index in [4.69, 9.17) is 4.42 Å². The summed E-state index contributed by atoms with van der Waals surface area (Å²) < 4.78 is 7.92. The lowest BCUT2D eigenvalue weighted by atomic mass is 10.2. The summed E-state index contributed by atoms with van der Waals surface area (Å²) in [6, 6.07) is 3.59. The number of nitrogens with zero attached hydrogens (tertiary/aromatic N) is 6. The molecule has 4 aromatic rings. The van der Waals surface area contributed by atoms with Gasteiger partial charge in [-0.15, -0.1) is 16.4 Å². The number of hydrogen-bond donors (Lipinski definition) is 1. The molecule has 0 saturated carbocycles. The third kappa shape index (κ3) is 3.55. The maximum atomic E-state index is 12.6. The lowest BCUT2D eigenvalue weighted by Gasteiger charge is -2.07. The van der Waals surface area contributed by atoms with Crippen LogP contribution >= 0.6 is 23.1 Å². The number of aryl methyl sites for hydroxylation is 2. The van der Waals surface area contributed by atoms with Gasteiger partial charge in [0.2, 0.25) is 11.1 Å². The van der Waals surface area contributed by atoms with Crippen LogP contribution in [-0.4, -0.2) is 41.5 Å². The Morgan fingerprint density at radius 2 is 2.25 bits per heavy atom. The maximum Gasteiger partial charge on any atom is 0.281 e. The number of carbonyl (C=O) groups is 1. The highest BCUT2D eigenvalue weighted by Gasteiger charge is 2.15. The number of fused-ring (bicyclic) bond motifs is 1. The van der Waals surface area contributed by atoms with Crippen molar-refractivity contribution in [3.05, 3.63) is 51.3 Å². The minimum absolute atomic E-state index is 0.0324. The van der Waals surface area contributed by atoms with Crippen LogP contribution in [-0.2, 0) is 11.3 Å². The number of nitrogens with one attached hydrogen (secondary N) is 1. The molecule has 0 saturated heterocycles. The van der Waals surface area contributed by atoms with Gasteiger partial charge in [0.1, 0.15) is 23.5 Å². The van der Waals surface area contributed by atoms with E-state index in [9.17, 15) is 9.59 Å². The fourth-order valence-corrected chi connectivity index (χ4v) is 4.22. The van der Waals surface area contributed by atoms with Crippen molar-refractivity contribution in [3.8, 4) is 0 Å². The lowest BCUT2D eigenvalue weighted by molar-refractivity contribution is -0.114. The standard InChI is InChI=1S/C16H15N7O3S2/c1-9-10(2)28-14-13(9)15(25)23(8-17-14)19-12(24)7-27-16-18-20-21-22(16)6-11-4-3-5-26-11/h3-5,8H,6-7H2,1-2H3,(H,19,24). The molecular formula is C16H15N7O3S2. The SMILES string of the molecule is Cc1sc2ncn(NC(=O)CSc3nnnn3Cc3ccco3)c(=O)c2c1C. The molecule has 0 unspecified atom stereocenters. The summed E-state index contributed by atoms with van der Waals surface area (Å²) in [4.78, 5) is 30.9. The number of thiophene rings is 1. The lowest BCUT2D eigenvalue weighted by Crippen LogP contribution is -2.34. The van der Waals surface area contributed by atoms with Crippen molar-refractivity contribution in [2.45, 2.75) is 25.5 Å². The minimum atomic E-state index is -0.370. The Morgan fingerprint density at radius 1 is 1.39 bits per heavy atom. The third-order valence-corrected chi connectivity index (χ3v) is 6.12. The summed E-state index contributed by atoms with van der Waals surface area (Å²) in [5.74, 6) is 0.362. The molecule has 0 aliphatic carbocycles. The van der Waals surface area contributed by atoms with Gasteiger partial charge in [0.25, 0.3) is 5.56 Å². The number of rotatable bonds is 6. The highest BCUT2D eigenvalue weighted by Crippen LogP contribution is 2.25. The molecular weight excluding hydrogens is 402 g/mol. The van der Waals surface area contributed by atoms with Crippen LogP contribution in [0, 0.1) is 13.8 Å². The van der Waals surface area contributed by atoms with E-state index in [-0.39, 0.29) is 17.2 Å². The number of tetrazole rings is 1. The first-order valence-corrected chi connectivity index (χ1v) is 10.0. The average Bonchev–Trinajstić information content (AvgIpc) is 3.39. The minimum Gasteiger partial charge on any atom is -0.467 e. The average molecular weight is 417 g/mol. The molecule has 0 spiro atoms. The Bertz CT molecular complexity index is 1190. The Morgan fingerprint density at radius 3 is 3.04 bits per heavy atom. The second kappa shape index (κ2) is 7.56. The molecule has 10 nitrogen and oxygen atoms in total. The zero-order valence-electron chi connectivity index (χ0n) is 14.9. The molecule has 0 aliphatic heterocycles. The van der Waals surface area contributed by atoms with Crippen LogP contribution in [0.25, 0.3) is 10.2 Å². The molecule has 0 aromatic carbocycles. The molecule has 4 heterocycles. The Labute approximate surface area is 166 Å². The molecule has 1 N–H and O–H groups in total. The zero-order valence-corrected chi connectivity index (χ0v) is 16.6. The van der Waals surface area contributed by atoms with Gasteiger partial charge in [-0.05, 0) is 42.0 Å². The van der Waals surface area contributed by atoms with Gasteiger partial charge in [0.05, 0.1) is 17.4 Å². The van der Waals surface area contributed by atoms with Gasteiger partial charge in [0.15, 0.2) is 0 Å². The molecule has 0 aliphatic rings. The van der Waals surface area contributed by atoms with E-state index in [0.29, 0.717) is 27.7 Å². The molecule has 0 fully saturated rings. The fourth-order valence-electron chi connectivity index (χ4n) is 2.56. The van der Waals surface area contributed by atoms with E-state index in [2.05, 4.69) is 25.9 Å². The predicted octanol–water partition coefficient (Wildman–Crippen LogP) is 1.57. The summed E-state index contributed by atoms with van der Waals surface area (Å²) in [6.07, 6.45) is 2.89. The Balaban J connectivity index is 1.44. The largest absolute Gasteiger partial charge is 0.467 e. The normalized spacial score (nSPS) is 11.2. The van der Waals surface area contributed by atoms with Crippen molar-refractivity contribution in [1.82, 2.24) is 29.9 Å². The quantitative estimate of drug-likeness (QED) is 0.469. The number of furan rings is 1. The van der Waals surface area contributed by atoms with Gasteiger partial charge >= 0.3 is 0 Å². The maximum absolute atomic E-state index is 12.6.